The van der Waals surface area contributed by atoms with Gasteiger partial charge in [0.25, 0.3) is 0 Å². The molecule has 20 heavy (non-hydrogen) atoms. The van der Waals surface area contributed by atoms with E-state index in [1.807, 2.05) is 0 Å². The number of fused-ring (bicyclic) bond motifs is 1. The molecule has 2 unspecified atom stereocenters. The summed E-state index contributed by atoms with van der Waals surface area (Å²) in [7, 11) is 0. The van der Waals surface area contributed by atoms with Gasteiger partial charge in [0, 0.05) is 11.6 Å². The minimum Gasteiger partial charge on any atom is -0.493 e. The fourth-order valence-electron chi connectivity index (χ4n) is 2.10. The van der Waals surface area contributed by atoms with E-state index >= 15 is 0 Å². The Hall–Kier alpha value is -2.11. The smallest absolute Gasteiger partial charge is 0.315 e. The fraction of sp³-hybridized carbons (Fsp3) is 0.429. The molecule has 6 heteroatoms. The van der Waals surface area contributed by atoms with Crippen molar-refractivity contribution in [3.05, 3.63) is 29.6 Å². The molecular formula is C14H16FNO4. The Balaban J connectivity index is 2.20. The van der Waals surface area contributed by atoms with Gasteiger partial charge >= 0.3 is 5.97 Å². The molecule has 1 aromatic carbocycles. The minimum absolute atomic E-state index is 0.359. The molecule has 1 amide bonds. The average Bonchev–Trinajstić information content (AvgIpc) is 2.59. The van der Waals surface area contributed by atoms with E-state index in [0.29, 0.717) is 30.8 Å². The molecule has 2 N–H and O–H groups in total. The van der Waals surface area contributed by atoms with Gasteiger partial charge in [-0.2, -0.15) is 0 Å². The van der Waals surface area contributed by atoms with Gasteiger partial charge in [-0.3, -0.25) is 9.59 Å². The molecule has 1 aromatic rings. The zero-order valence-corrected chi connectivity index (χ0v) is 11.1. The van der Waals surface area contributed by atoms with Gasteiger partial charge in [0.2, 0.25) is 5.91 Å². The molecule has 2 atom stereocenters. The summed E-state index contributed by atoms with van der Waals surface area (Å²) in [6, 6.07) is 3.78. The zero-order valence-electron chi connectivity index (χ0n) is 11.1. The molecule has 0 bridgehead atoms. The summed E-state index contributed by atoms with van der Waals surface area (Å²) in [6.45, 7) is 1.77. The molecule has 0 spiro atoms. The quantitative estimate of drug-likeness (QED) is 0.829. The number of carboxylic acid groups (broad SMARTS) is 1. The third kappa shape index (κ3) is 3.07. The Morgan fingerprint density at radius 3 is 2.95 bits per heavy atom. The van der Waals surface area contributed by atoms with Crippen LogP contribution in [0.15, 0.2) is 18.2 Å². The first-order valence-corrected chi connectivity index (χ1v) is 6.44. The van der Waals surface area contributed by atoms with Gasteiger partial charge in [-0.25, -0.2) is 4.39 Å². The van der Waals surface area contributed by atoms with Crippen LogP contribution in [0.25, 0.3) is 0 Å². The van der Waals surface area contributed by atoms with Gasteiger partial charge in [0.05, 0.1) is 12.6 Å². The highest BCUT2D eigenvalue weighted by Crippen LogP contribution is 2.32. The van der Waals surface area contributed by atoms with Crippen molar-refractivity contribution >= 4 is 11.9 Å². The van der Waals surface area contributed by atoms with Crippen LogP contribution >= 0.6 is 0 Å². The maximum Gasteiger partial charge on any atom is 0.315 e. The Bertz CT molecular complexity index is 532. The van der Waals surface area contributed by atoms with Gasteiger partial charge in [-0.05, 0) is 25.8 Å². The minimum atomic E-state index is -1.17. The summed E-state index contributed by atoms with van der Waals surface area (Å²) in [5, 5.41) is 11.5. The number of carbonyl (C=O) groups excluding carboxylic acids is 1. The van der Waals surface area contributed by atoms with Crippen molar-refractivity contribution in [3.63, 3.8) is 0 Å². The number of carboxylic acids is 1. The lowest BCUT2D eigenvalue weighted by Crippen LogP contribution is -2.36. The van der Waals surface area contributed by atoms with Crippen molar-refractivity contribution in [2.45, 2.75) is 25.8 Å². The Morgan fingerprint density at radius 1 is 1.50 bits per heavy atom. The number of benzene rings is 1. The van der Waals surface area contributed by atoms with Gasteiger partial charge in [0.15, 0.2) is 0 Å². The summed E-state index contributed by atoms with van der Waals surface area (Å²) in [5.74, 6) is -2.86. The molecule has 5 nitrogen and oxygen atoms in total. The summed E-state index contributed by atoms with van der Waals surface area (Å²) < 4.78 is 18.6. The molecule has 0 saturated carbocycles. The molecule has 1 heterocycles. The van der Waals surface area contributed by atoms with Crippen LogP contribution in [0.2, 0.25) is 0 Å². The molecule has 1 aliphatic heterocycles. The fourth-order valence-corrected chi connectivity index (χ4v) is 2.10. The van der Waals surface area contributed by atoms with E-state index < -0.39 is 23.6 Å². The third-order valence-corrected chi connectivity index (χ3v) is 3.33. The molecule has 1 aliphatic rings. The van der Waals surface area contributed by atoms with E-state index in [1.54, 1.807) is 6.07 Å². The number of aliphatic carboxylic acids is 1. The van der Waals surface area contributed by atoms with E-state index in [1.165, 1.54) is 19.1 Å². The largest absolute Gasteiger partial charge is 0.493 e. The van der Waals surface area contributed by atoms with Crippen LogP contribution in [0.4, 0.5) is 4.39 Å². The summed E-state index contributed by atoms with van der Waals surface area (Å²) >= 11 is 0. The Morgan fingerprint density at radius 2 is 2.25 bits per heavy atom. The van der Waals surface area contributed by atoms with Crippen molar-refractivity contribution in [2.75, 3.05) is 6.61 Å². The summed E-state index contributed by atoms with van der Waals surface area (Å²) in [6.07, 6.45) is 1.32. The highest BCUT2D eigenvalue weighted by Gasteiger charge is 2.26. The predicted molar refractivity (Wildman–Crippen MR) is 68.8 cm³/mol. The van der Waals surface area contributed by atoms with Crippen molar-refractivity contribution in [2.24, 2.45) is 5.92 Å². The number of hydrogen-bond acceptors (Lipinski definition) is 3. The maximum atomic E-state index is 13.2. The van der Waals surface area contributed by atoms with Crippen molar-refractivity contribution in [1.82, 2.24) is 5.32 Å². The van der Waals surface area contributed by atoms with Crippen LogP contribution in [0.1, 0.15) is 31.4 Å². The SMILES string of the molecule is CC(C(=O)O)C(=O)NC1CCCOc2cc(F)ccc21. The van der Waals surface area contributed by atoms with E-state index in [9.17, 15) is 14.0 Å². The van der Waals surface area contributed by atoms with Gasteiger partial charge in [0.1, 0.15) is 17.5 Å². The van der Waals surface area contributed by atoms with Crippen LogP contribution in [-0.2, 0) is 9.59 Å². The third-order valence-electron chi connectivity index (χ3n) is 3.33. The van der Waals surface area contributed by atoms with Crippen LogP contribution in [0.3, 0.4) is 0 Å². The van der Waals surface area contributed by atoms with E-state index in [2.05, 4.69) is 5.32 Å². The van der Waals surface area contributed by atoms with Crippen LogP contribution < -0.4 is 10.1 Å². The van der Waals surface area contributed by atoms with Crippen LogP contribution in [-0.4, -0.2) is 23.6 Å². The molecular weight excluding hydrogens is 265 g/mol. The van der Waals surface area contributed by atoms with Crippen molar-refractivity contribution in [1.29, 1.82) is 0 Å². The Kier molecular flexibility index (Phi) is 4.22. The van der Waals surface area contributed by atoms with Gasteiger partial charge in [-0.1, -0.05) is 6.07 Å². The van der Waals surface area contributed by atoms with Gasteiger partial charge in [-0.15, -0.1) is 0 Å². The number of halogens is 1. The predicted octanol–water partition coefficient (Wildman–Crippen LogP) is 1.88. The number of amides is 1. The maximum absolute atomic E-state index is 13.2. The summed E-state index contributed by atoms with van der Waals surface area (Å²) in [4.78, 5) is 22.6. The monoisotopic (exact) mass is 281 g/mol. The number of rotatable bonds is 3. The lowest BCUT2D eigenvalue weighted by atomic mass is 10.0. The second-order valence-corrected chi connectivity index (χ2v) is 4.79. The number of nitrogens with one attached hydrogen (secondary N) is 1. The number of ether oxygens (including phenoxy) is 1. The van der Waals surface area contributed by atoms with Crippen molar-refractivity contribution in [3.8, 4) is 5.75 Å². The second-order valence-electron chi connectivity index (χ2n) is 4.79. The highest BCUT2D eigenvalue weighted by atomic mass is 19.1. The van der Waals surface area contributed by atoms with E-state index in [0.717, 1.165) is 0 Å². The first kappa shape index (κ1) is 14.3. The molecule has 0 saturated heterocycles. The first-order chi connectivity index (χ1) is 9.49. The molecule has 0 aliphatic carbocycles. The highest BCUT2D eigenvalue weighted by molar-refractivity contribution is 5.96. The first-order valence-electron chi connectivity index (χ1n) is 6.44. The van der Waals surface area contributed by atoms with Crippen LogP contribution in [0.5, 0.6) is 5.75 Å². The number of hydrogen-bond donors (Lipinski definition) is 2. The topological polar surface area (TPSA) is 75.6 Å². The number of carbonyl (C=O) groups is 2. The molecule has 0 fully saturated rings. The van der Waals surface area contributed by atoms with E-state index in [4.69, 9.17) is 9.84 Å². The molecule has 108 valence electrons. The van der Waals surface area contributed by atoms with Gasteiger partial charge < -0.3 is 15.2 Å². The lowest BCUT2D eigenvalue weighted by Gasteiger charge is -2.19. The molecule has 0 aromatic heterocycles. The molecule has 0 radical (unpaired) electrons. The van der Waals surface area contributed by atoms with Crippen LogP contribution in [0, 0.1) is 11.7 Å². The average molecular weight is 281 g/mol. The second kappa shape index (κ2) is 5.90. The lowest BCUT2D eigenvalue weighted by molar-refractivity contribution is -0.146. The van der Waals surface area contributed by atoms with E-state index in [-0.39, 0.29) is 6.04 Å². The standard InChI is InChI=1S/C14H16FNO4/c1-8(14(18)19)13(17)16-11-3-2-6-20-12-7-9(15)4-5-10(11)12/h4-5,7-8,11H,2-3,6H2,1H3,(H,16,17)(H,18,19). The van der Waals surface area contributed by atoms with Crippen molar-refractivity contribution < 1.29 is 23.8 Å². The molecule has 2 rings (SSSR count). The normalized spacial score (nSPS) is 19.2. The summed E-state index contributed by atoms with van der Waals surface area (Å²) in [5.41, 5.74) is 0.676. The Labute approximate surface area is 115 Å². The zero-order chi connectivity index (χ0) is 14.7.